The summed E-state index contributed by atoms with van der Waals surface area (Å²) < 4.78 is 7.24. The third-order valence-electron chi connectivity index (χ3n) is 12.7. The number of anilines is 3. The van der Waals surface area contributed by atoms with Gasteiger partial charge >= 0.3 is 0 Å². The summed E-state index contributed by atoms with van der Waals surface area (Å²) in [5.41, 5.74) is 20.0. The Bertz CT molecular complexity index is 3020. The van der Waals surface area contributed by atoms with Crippen molar-refractivity contribution in [3.63, 3.8) is 0 Å². The van der Waals surface area contributed by atoms with Crippen molar-refractivity contribution in [1.82, 2.24) is 0 Å². The molecule has 2 nitrogen and oxygen atoms in total. The Labute approximate surface area is 328 Å². The first kappa shape index (κ1) is 32.8. The van der Waals surface area contributed by atoms with E-state index in [0.717, 1.165) is 39.0 Å². The summed E-state index contributed by atoms with van der Waals surface area (Å²) in [5.74, 6) is 0. The third kappa shape index (κ3) is 4.62. The molecule has 2 heteroatoms. The van der Waals surface area contributed by atoms with Crippen LogP contribution in [-0.2, 0) is 10.8 Å². The standard InChI is InChI=1S/C54H41NO/c1-53(2)43-22-10-8-19-41(43)49-45(53)24-14-25-47(49)55(38-29-27-35(28-30-38)37-18-12-17-36(33-37)34-15-6-5-7-16-34)48-26-13-21-39-40-31-32-46-50(52(40)56-51(39)48)42-20-9-11-23-44(42)54(46,3)4/h5-33H,1-4H3. The average molecular weight is 720 g/mol. The average Bonchev–Trinajstić information content (AvgIpc) is 3.82. The van der Waals surface area contributed by atoms with Gasteiger partial charge in [-0.1, -0.05) is 173 Å². The molecule has 0 saturated heterocycles. The molecule has 56 heavy (non-hydrogen) atoms. The molecule has 9 aromatic rings. The van der Waals surface area contributed by atoms with Crippen molar-refractivity contribution in [2.45, 2.75) is 38.5 Å². The first-order chi connectivity index (χ1) is 27.3. The quantitative estimate of drug-likeness (QED) is 0.176. The van der Waals surface area contributed by atoms with E-state index < -0.39 is 0 Å². The maximum Gasteiger partial charge on any atom is 0.159 e. The van der Waals surface area contributed by atoms with E-state index in [1.807, 2.05) is 0 Å². The molecule has 1 aromatic heterocycles. The molecule has 11 rings (SSSR count). The lowest BCUT2D eigenvalue weighted by Gasteiger charge is -2.29. The summed E-state index contributed by atoms with van der Waals surface area (Å²) in [7, 11) is 0. The normalized spacial score (nSPS) is 14.4. The van der Waals surface area contributed by atoms with E-state index in [4.69, 9.17) is 4.42 Å². The number of benzene rings is 8. The predicted molar refractivity (Wildman–Crippen MR) is 234 cm³/mol. The second-order valence-electron chi connectivity index (χ2n) is 16.5. The molecule has 2 aliphatic carbocycles. The zero-order valence-corrected chi connectivity index (χ0v) is 32.1. The minimum absolute atomic E-state index is 0.110. The second kappa shape index (κ2) is 11.9. The molecule has 0 N–H and O–H groups in total. The molecule has 0 saturated carbocycles. The molecule has 0 unspecified atom stereocenters. The van der Waals surface area contributed by atoms with Crippen LogP contribution >= 0.6 is 0 Å². The number of nitrogens with zero attached hydrogens (tertiary/aromatic N) is 1. The van der Waals surface area contributed by atoms with E-state index in [1.165, 1.54) is 66.8 Å². The maximum absolute atomic E-state index is 7.24. The molecule has 268 valence electrons. The molecular formula is C54H41NO. The fourth-order valence-electron chi connectivity index (χ4n) is 9.84. The van der Waals surface area contributed by atoms with E-state index in [0.29, 0.717) is 0 Å². The molecule has 0 fully saturated rings. The van der Waals surface area contributed by atoms with Gasteiger partial charge in [0.1, 0.15) is 5.58 Å². The number of hydrogen-bond acceptors (Lipinski definition) is 2. The van der Waals surface area contributed by atoms with Crippen molar-refractivity contribution in [3.8, 4) is 44.5 Å². The van der Waals surface area contributed by atoms with E-state index in [1.54, 1.807) is 0 Å². The van der Waals surface area contributed by atoms with Gasteiger partial charge in [-0.3, -0.25) is 0 Å². The van der Waals surface area contributed by atoms with Crippen LogP contribution in [0, 0.1) is 0 Å². The number of furan rings is 1. The van der Waals surface area contributed by atoms with Gasteiger partial charge in [0.25, 0.3) is 0 Å². The Kier molecular flexibility index (Phi) is 6.98. The zero-order valence-electron chi connectivity index (χ0n) is 32.1. The van der Waals surface area contributed by atoms with Crippen molar-refractivity contribution in [2.75, 3.05) is 4.90 Å². The lowest BCUT2D eigenvalue weighted by atomic mass is 9.82. The highest BCUT2D eigenvalue weighted by Gasteiger charge is 2.39. The Morgan fingerprint density at radius 1 is 0.375 bits per heavy atom. The molecular weight excluding hydrogens is 679 g/mol. The van der Waals surface area contributed by atoms with Crippen LogP contribution in [0.1, 0.15) is 49.9 Å². The Balaban J connectivity index is 1.14. The summed E-state index contributed by atoms with van der Waals surface area (Å²) in [6, 6.07) is 64.3. The van der Waals surface area contributed by atoms with Crippen molar-refractivity contribution in [1.29, 1.82) is 0 Å². The van der Waals surface area contributed by atoms with Gasteiger partial charge in [-0.15, -0.1) is 0 Å². The topological polar surface area (TPSA) is 16.4 Å². The third-order valence-corrected chi connectivity index (χ3v) is 12.7. The van der Waals surface area contributed by atoms with E-state index in [2.05, 4.69) is 209 Å². The lowest BCUT2D eigenvalue weighted by Crippen LogP contribution is -2.16. The summed E-state index contributed by atoms with van der Waals surface area (Å²) in [4.78, 5) is 2.43. The fraction of sp³-hybridized carbons (Fsp3) is 0.111. The van der Waals surface area contributed by atoms with Crippen LogP contribution in [0.4, 0.5) is 17.1 Å². The van der Waals surface area contributed by atoms with Crippen LogP contribution in [-0.4, -0.2) is 0 Å². The van der Waals surface area contributed by atoms with Gasteiger partial charge in [0.05, 0.1) is 11.4 Å². The number of hydrogen-bond donors (Lipinski definition) is 0. The van der Waals surface area contributed by atoms with Gasteiger partial charge in [-0.05, 0) is 86.0 Å². The highest BCUT2D eigenvalue weighted by atomic mass is 16.3. The highest BCUT2D eigenvalue weighted by molar-refractivity contribution is 6.15. The molecule has 0 radical (unpaired) electrons. The van der Waals surface area contributed by atoms with E-state index in [-0.39, 0.29) is 10.8 Å². The number of fused-ring (bicyclic) bond motifs is 10. The van der Waals surface area contributed by atoms with Gasteiger partial charge in [0.15, 0.2) is 5.58 Å². The zero-order chi connectivity index (χ0) is 37.8. The molecule has 0 spiro atoms. The first-order valence-corrected chi connectivity index (χ1v) is 19.7. The van der Waals surface area contributed by atoms with Crippen LogP contribution in [0.15, 0.2) is 180 Å². The van der Waals surface area contributed by atoms with Crippen LogP contribution in [0.3, 0.4) is 0 Å². The Morgan fingerprint density at radius 2 is 0.893 bits per heavy atom. The van der Waals surface area contributed by atoms with Crippen molar-refractivity contribution < 1.29 is 4.42 Å². The van der Waals surface area contributed by atoms with Crippen molar-refractivity contribution in [2.24, 2.45) is 0 Å². The van der Waals surface area contributed by atoms with Crippen LogP contribution in [0.25, 0.3) is 66.4 Å². The predicted octanol–water partition coefficient (Wildman–Crippen LogP) is 15.0. The molecule has 0 amide bonds. The summed E-state index contributed by atoms with van der Waals surface area (Å²) >= 11 is 0. The smallest absolute Gasteiger partial charge is 0.159 e. The van der Waals surface area contributed by atoms with Gasteiger partial charge in [-0.2, -0.15) is 0 Å². The lowest BCUT2D eigenvalue weighted by molar-refractivity contribution is 0.653. The number of para-hydroxylation sites is 1. The maximum atomic E-state index is 7.24. The molecule has 0 bridgehead atoms. The summed E-state index contributed by atoms with van der Waals surface area (Å²) in [6.45, 7) is 9.36. The second-order valence-corrected chi connectivity index (χ2v) is 16.5. The van der Waals surface area contributed by atoms with Crippen molar-refractivity contribution in [3.05, 3.63) is 198 Å². The summed E-state index contributed by atoms with van der Waals surface area (Å²) in [5, 5.41) is 2.27. The summed E-state index contributed by atoms with van der Waals surface area (Å²) in [6.07, 6.45) is 0. The van der Waals surface area contributed by atoms with Crippen LogP contribution in [0.2, 0.25) is 0 Å². The SMILES string of the molecule is CC1(C)c2ccccc2-c2c(N(c3ccc(-c4cccc(-c5ccccc5)c4)cc3)c3cccc4c3oc3c5c(ccc34)C(C)(C)c3ccccc3-5)cccc21. The molecule has 1 heterocycles. The highest BCUT2D eigenvalue weighted by Crippen LogP contribution is 2.56. The Morgan fingerprint density at radius 3 is 1.61 bits per heavy atom. The molecule has 2 aliphatic rings. The Hall–Kier alpha value is -6.64. The van der Waals surface area contributed by atoms with Crippen LogP contribution in [0.5, 0.6) is 0 Å². The van der Waals surface area contributed by atoms with Gasteiger partial charge in [0.2, 0.25) is 0 Å². The minimum atomic E-state index is -0.132. The first-order valence-electron chi connectivity index (χ1n) is 19.7. The van der Waals surface area contributed by atoms with E-state index >= 15 is 0 Å². The van der Waals surface area contributed by atoms with E-state index in [9.17, 15) is 0 Å². The monoisotopic (exact) mass is 719 g/mol. The molecule has 8 aromatic carbocycles. The van der Waals surface area contributed by atoms with Crippen molar-refractivity contribution >= 4 is 39.0 Å². The molecule has 0 atom stereocenters. The molecule has 0 aliphatic heterocycles. The van der Waals surface area contributed by atoms with Gasteiger partial charge in [0, 0.05) is 38.4 Å². The van der Waals surface area contributed by atoms with Crippen LogP contribution < -0.4 is 4.90 Å². The van der Waals surface area contributed by atoms with Gasteiger partial charge in [-0.25, -0.2) is 0 Å². The fourth-order valence-corrected chi connectivity index (χ4v) is 9.84. The van der Waals surface area contributed by atoms with Gasteiger partial charge < -0.3 is 9.32 Å². The largest absolute Gasteiger partial charge is 0.453 e. The number of rotatable bonds is 5. The minimum Gasteiger partial charge on any atom is -0.453 e.